The number of furan rings is 1. The monoisotopic (exact) mass is 240 g/mol. The van der Waals surface area contributed by atoms with Gasteiger partial charge in [0.25, 0.3) is 0 Å². The number of likely N-dealkylation sites (tertiary alicyclic amines) is 1. The van der Waals surface area contributed by atoms with E-state index in [4.69, 9.17) is 21.8 Å². The lowest BCUT2D eigenvalue weighted by molar-refractivity contribution is 0.378. The number of likely N-dealkylation sites (N-methyl/N-ethyl adjacent to an activating group) is 1. The maximum absolute atomic E-state index is 6.24. The van der Waals surface area contributed by atoms with Crippen LogP contribution in [0.3, 0.4) is 0 Å². The minimum Gasteiger partial charge on any atom is -0.462 e. The lowest BCUT2D eigenvalue weighted by Gasteiger charge is -2.09. The van der Waals surface area contributed by atoms with Crippen LogP contribution in [0.5, 0.6) is 0 Å². The summed E-state index contributed by atoms with van der Waals surface area (Å²) in [5.41, 5.74) is 5.90. The quantitative estimate of drug-likeness (QED) is 0.863. The van der Waals surface area contributed by atoms with Crippen molar-refractivity contribution in [2.24, 2.45) is 5.73 Å². The fourth-order valence-corrected chi connectivity index (χ4v) is 2.73. The highest BCUT2D eigenvalue weighted by Gasteiger charge is 2.44. The van der Waals surface area contributed by atoms with E-state index in [-0.39, 0.29) is 5.54 Å². The van der Waals surface area contributed by atoms with E-state index in [0.29, 0.717) is 5.92 Å². The Labute approximate surface area is 101 Å². The molecule has 2 N–H and O–H groups in total. The zero-order valence-electron chi connectivity index (χ0n) is 9.50. The molecule has 2 aliphatic rings. The summed E-state index contributed by atoms with van der Waals surface area (Å²) in [6.07, 6.45) is 3.16. The Balaban J connectivity index is 1.87. The second-order valence-corrected chi connectivity index (χ2v) is 5.63. The number of halogens is 1. The minimum absolute atomic E-state index is 0.216. The lowest BCUT2D eigenvalue weighted by atomic mass is 10.1. The molecule has 0 spiro atoms. The van der Waals surface area contributed by atoms with Crippen LogP contribution in [0.15, 0.2) is 10.5 Å². The third kappa shape index (κ3) is 1.67. The summed E-state index contributed by atoms with van der Waals surface area (Å²) in [6, 6.07) is 1.92. The molecular formula is C12H17ClN2O. The Hall–Kier alpha value is -0.510. The van der Waals surface area contributed by atoms with Gasteiger partial charge in [-0.2, -0.15) is 0 Å². The molecule has 1 aliphatic carbocycles. The highest BCUT2D eigenvalue weighted by Crippen LogP contribution is 2.46. The van der Waals surface area contributed by atoms with Gasteiger partial charge in [-0.25, -0.2) is 0 Å². The standard InChI is InChI=1S/C12H17ClN2O/c1-15-5-2-8(7-15)11-9(13)6-10(16-11)12(14)3-4-12/h6,8H,2-5,7,14H2,1H3. The van der Waals surface area contributed by atoms with Gasteiger partial charge in [-0.3, -0.25) is 0 Å². The first-order valence-corrected chi connectivity index (χ1v) is 6.23. The smallest absolute Gasteiger partial charge is 0.127 e. The fraction of sp³-hybridized carbons (Fsp3) is 0.667. The number of hydrogen-bond acceptors (Lipinski definition) is 3. The molecule has 2 fully saturated rings. The van der Waals surface area contributed by atoms with Gasteiger partial charge < -0.3 is 15.1 Å². The van der Waals surface area contributed by atoms with Crippen LogP contribution in [-0.4, -0.2) is 25.0 Å². The van der Waals surface area contributed by atoms with Gasteiger partial charge in [-0.05, 0) is 32.9 Å². The molecule has 3 rings (SSSR count). The molecule has 1 saturated heterocycles. The highest BCUT2D eigenvalue weighted by molar-refractivity contribution is 6.31. The van der Waals surface area contributed by atoms with Crippen LogP contribution in [0.25, 0.3) is 0 Å². The molecule has 4 heteroatoms. The Bertz CT molecular complexity index is 411. The molecular weight excluding hydrogens is 224 g/mol. The largest absolute Gasteiger partial charge is 0.462 e. The molecule has 1 aromatic heterocycles. The number of nitrogens with two attached hydrogens (primary N) is 1. The van der Waals surface area contributed by atoms with Gasteiger partial charge in [-0.15, -0.1) is 0 Å². The normalized spacial score (nSPS) is 28.6. The summed E-state index contributed by atoms with van der Waals surface area (Å²) in [5.74, 6) is 2.26. The second kappa shape index (κ2) is 3.49. The van der Waals surface area contributed by atoms with Gasteiger partial charge in [0, 0.05) is 18.5 Å². The molecule has 1 aliphatic heterocycles. The molecule has 0 aromatic carbocycles. The Morgan fingerprint density at radius 3 is 2.88 bits per heavy atom. The predicted molar refractivity (Wildman–Crippen MR) is 63.7 cm³/mol. The van der Waals surface area contributed by atoms with Crippen molar-refractivity contribution in [3.63, 3.8) is 0 Å². The van der Waals surface area contributed by atoms with E-state index in [1.165, 1.54) is 0 Å². The van der Waals surface area contributed by atoms with E-state index in [1.807, 2.05) is 6.07 Å². The van der Waals surface area contributed by atoms with Crippen molar-refractivity contribution in [1.82, 2.24) is 4.90 Å². The molecule has 0 radical (unpaired) electrons. The van der Waals surface area contributed by atoms with Crippen LogP contribution in [0.4, 0.5) is 0 Å². The SMILES string of the molecule is CN1CCC(c2oc(C3(N)CC3)cc2Cl)C1. The second-order valence-electron chi connectivity index (χ2n) is 5.23. The molecule has 1 saturated carbocycles. The van der Waals surface area contributed by atoms with Crippen molar-refractivity contribution in [1.29, 1.82) is 0 Å². The predicted octanol–water partition coefficient (Wildman–Crippen LogP) is 2.30. The van der Waals surface area contributed by atoms with Gasteiger partial charge >= 0.3 is 0 Å². The summed E-state index contributed by atoms with van der Waals surface area (Å²) >= 11 is 6.24. The first kappa shape index (κ1) is 10.6. The minimum atomic E-state index is -0.216. The third-order valence-electron chi connectivity index (χ3n) is 3.75. The van der Waals surface area contributed by atoms with Crippen molar-refractivity contribution < 1.29 is 4.42 Å². The molecule has 0 bridgehead atoms. The van der Waals surface area contributed by atoms with Crippen LogP contribution in [-0.2, 0) is 5.54 Å². The molecule has 1 unspecified atom stereocenters. The van der Waals surface area contributed by atoms with Gasteiger partial charge in [0.15, 0.2) is 0 Å². The molecule has 3 nitrogen and oxygen atoms in total. The first-order valence-electron chi connectivity index (χ1n) is 5.86. The van der Waals surface area contributed by atoms with E-state index >= 15 is 0 Å². The Kier molecular flexibility index (Phi) is 2.32. The van der Waals surface area contributed by atoms with Crippen molar-refractivity contribution in [3.8, 4) is 0 Å². The van der Waals surface area contributed by atoms with Gasteiger partial charge in [-0.1, -0.05) is 11.6 Å². The van der Waals surface area contributed by atoms with Gasteiger partial charge in [0.2, 0.25) is 0 Å². The van der Waals surface area contributed by atoms with E-state index in [2.05, 4.69) is 11.9 Å². The molecule has 0 amide bonds. The third-order valence-corrected chi connectivity index (χ3v) is 4.05. The summed E-state index contributed by atoms with van der Waals surface area (Å²) in [4.78, 5) is 2.30. The van der Waals surface area contributed by atoms with Crippen LogP contribution in [0.1, 0.15) is 36.7 Å². The van der Waals surface area contributed by atoms with Crippen LogP contribution in [0, 0.1) is 0 Å². The maximum atomic E-state index is 6.24. The molecule has 88 valence electrons. The average molecular weight is 241 g/mol. The number of rotatable bonds is 2. The van der Waals surface area contributed by atoms with E-state index in [0.717, 1.165) is 48.9 Å². The fourth-order valence-electron chi connectivity index (χ4n) is 2.44. The Morgan fingerprint density at radius 1 is 1.56 bits per heavy atom. The number of hydrogen-bond donors (Lipinski definition) is 1. The molecule has 2 heterocycles. The van der Waals surface area contributed by atoms with Crippen molar-refractivity contribution in [3.05, 3.63) is 22.6 Å². The van der Waals surface area contributed by atoms with Crippen molar-refractivity contribution in [2.45, 2.75) is 30.7 Å². The summed E-state index contributed by atoms with van der Waals surface area (Å²) in [7, 11) is 2.13. The van der Waals surface area contributed by atoms with Gasteiger partial charge in [0.1, 0.15) is 11.5 Å². The lowest BCUT2D eigenvalue weighted by Crippen LogP contribution is -2.17. The summed E-state index contributed by atoms with van der Waals surface area (Å²) in [5, 5.41) is 0.757. The summed E-state index contributed by atoms with van der Waals surface area (Å²) in [6.45, 7) is 2.15. The van der Waals surface area contributed by atoms with Crippen LogP contribution >= 0.6 is 11.6 Å². The number of nitrogens with zero attached hydrogens (tertiary/aromatic N) is 1. The summed E-state index contributed by atoms with van der Waals surface area (Å²) < 4.78 is 5.89. The zero-order valence-corrected chi connectivity index (χ0v) is 10.3. The average Bonchev–Trinajstić information content (AvgIpc) is 2.69. The highest BCUT2D eigenvalue weighted by atomic mass is 35.5. The molecule has 1 aromatic rings. The molecule has 16 heavy (non-hydrogen) atoms. The van der Waals surface area contributed by atoms with Crippen molar-refractivity contribution >= 4 is 11.6 Å². The zero-order chi connectivity index (χ0) is 11.3. The topological polar surface area (TPSA) is 42.4 Å². The van der Waals surface area contributed by atoms with E-state index in [9.17, 15) is 0 Å². The van der Waals surface area contributed by atoms with E-state index in [1.54, 1.807) is 0 Å². The van der Waals surface area contributed by atoms with E-state index < -0.39 is 0 Å². The van der Waals surface area contributed by atoms with Crippen LogP contribution < -0.4 is 5.73 Å². The van der Waals surface area contributed by atoms with Crippen LogP contribution in [0.2, 0.25) is 5.02 Å². The molecule has 1 atom stereocenters. The van der Waals surface area contributed by atoms with Crippen molar-refractivity contribution in [2.75, 3.05) is 20.1 Å². The first-order chi connectivity index (χ1) is 7.58. The Morgan fingerprint density at radius 2 is 2.31 bits per heavy atom. The maximum Gasteiger partial charge on any atom is 0.127 e. The van der Waals surface area contributed by atoms with Gasteiger partial charge in [0.05, 0.1) is 10.6 Å².